The Hall–Kier alpha value is 0.250. The van der Waals surface area contributed by atoms with Crippen LogP contribution in [0.3, 0.4) is 0 Å². The lowest BCUT2D eigenvalue weighted by Gasteiger charge is -2.19. The largest absolute Gasteiger partial charge is 1.00 e. The zero-order valence-corrected chi connectivity index (χ0v) is 6.82. The number of hydrogen-bond donors (Lipinski definition) is 1. The minimum atomic E-state index is 0. The van der Waals surface area contributed by atoms with Gasteiger partial charge in [0.1, 0.15) is 0 Å². The Bertz CT molecular complexity index is 57.3. The van der Waals surface area contributed by atoms with Crippen LogP contribution in [-0.2, 0) is 0 Å². The van der Waals surface area contributed by atoms with Crippen molar-refractivity contribution in [3.05, 3.63) is 0 Å². The molecule has 1 aliphatic rings. The van der Waals surface area contributed by atoms with E-state index in [0.29, 0.717) is 0 Å². The van der Waals surface area contributed by atoms with Crippen molar-refractivity contribution in [1.82, 2.24) is 0 Å². The minimum absolute atomic E-state index is 0. The molecule has 9 heavy (non-hydrogen) atoms. The zero-order valence-electron chi connectivity index (χ0n) is 6.07. The smallest absolute Gasteiger partial charge is 0.0843 e. The molecular weight excluding hydrogens is 134 g/mol. The van der Waals surface area contributed by atoms with Crippen LogP contribution >= 0.6 is 0 Å². The van der Waals surface area contributed by atoms with Gasteiger partial charge >= 0.3 is 0 Å². The third kappa shape index (κ3) is 3.07. The summed E-state index contributed by atoms with van der Waals surface area (Å²) in [6.45, 7) is 2.34. The van der Waals surface area contributed by atoms with Crippen LogP contribution in [0, 0.1) is 5.92 Å². The Morgan fingerprint density at radius 3 is 1.89 bits per heavy atom. The van der Waals surface area contributed by atoms with Gasteiger partial charge in [-0.25, -0.2) is 0 Å². The Morgan fingerprint density at radius 2 is 1.56 bits per heavy atom. The monoisotopic (exact) mass is 149 g/mol. The molecule has 1 saturated carbocycles. The van der Waals surface area contributed by atoms with E-state index in [1.165, 1.54) is 25.7 Å². The highest BCUT2D eigenvalue weighted by Gasteiger charge is 2.16. The molecular formula is C7H16ClN. The van der Waals surface area contributed by atoms with Gasteiger partial charge in [-0.3, -0.25) is 0 Å². The molecule has 1 rings (SSSR count). The number of quaternary nitrogens is 1. The molecule has 0 aromatic heterocycles. The first-order valence-corrected chi connectivity index (χ1v) is 3.62. The summed E-state index contributed by atoms with van der Waals surface area (Å²) in [7, 11) is 0. The van der Waals surface area contributed by atoms with Crippen molar-refractivity contribution in [2.45, 2.75) is 38.6 Å². The molecule has 0 unspecified atom stereocenters. The van der Waals surface area contributed by atoms with Gasteiger partial charge in [-0.15, -0.1) is 0 Å². The Balaban J connectivity index is 0.000000640. The van der Waals surface area contributed by atoms with E-state index in [2.05, 4.69) is 12.7 Å². The summed E-state index contributed by atoms with van der Waals surface area (Å²) < 4.78 is 0. The number of rotatable bonds is 0. The normalized spacial score (nSPS) is 35.3. The molecule has 0 aliphatic heterocycles. The standard InChI is InChI=1S/C7H15N.ClH/c1-6-2-4-7(8)5-3-6;/h6-7H,2-5,8H2,1H3;1H. The van der Waals surface area contributed by atoms with E-state index in [0.717, 1.165) is 12.0 Å². The van der Waals surface area contributed by atoms with Crippen molar-refractivity contribution >= 4 is 0 Å². The SMILES string of the molecule is CC1CCC([NH3+])CC1.[Cl-]. The molecule has 1 aliphatic carbocycles. The Kier molecular flexibility index (Phi) is 4.24. The van der Waals surface area contributed by atoms with Gasteiger partial charge in [0.25, 0.3) is 0 Å². The van der Waals surface area contributed by atoms with Crippen LogP contribution in [0.15, 0.2) is 0 Å². The molecule has 1 fully saturated rings. The molecule has 0 aromatic carbocycles. The van der Waals surface area contributed by atoms with Crippen molar-refractivity contribution in [1.29, 1.82) is 0 Å². The predicted octanol–water partition coefficient (Wildman–Crippen LogP) is -2.19. The minimum Gasteiger partial charge on any atom is -1.00 e. The highest BCUT2D eigenvalue weighted by atomic mass is 35.5. The van der Waals surface area contributed by atoms with E-state index in [1.54, 1.807) is 0 Å². The van der Waals surface area contributed by atoms with Crippen molar-refractivity contribution < 1.29 is 18.1 Å². The van der Waals surface area contributed by atoms with Gasteiger partial charge in [-0.1, -0.05) is 6.92 Å². The zero-order chi connectivity index (χ0) is 5.98. The fourth-order valence-corrected chi connectivity index (χ4v) is 1.33. The first-order valence-electron chi connectivity index (χ1n) is 3.62. The maximum absolute atomic E-state index is 4.03. The average molecular weight is 150 g/mol. The fraction of sp³-hybridized carbons (Fsp3) is 1.00. The maximum atomic E-state index is 4.03. The van der Waals surface area contributed by atoms with Crippen LogP contribution in [0.25, 0.3) is 0 Å². The second-order valence-electron chi connectivity index (χ2n) is 3.13. The van der Waals surface area contributed by atoms with Gasteiger partial charge < -0.3 is 18.1 Å². The van der Waals surface area contributed by atoms with Gasteiger partial charge in [0.15, 0.2) is 0 Å². The lowest BCUT2D eigenvalue weighted by Crippen LogP contribution is -3.00. The van der Waals surface area contributed by atoms with Crippen LogP contribution in [0.2, 0.25) is 0 Å². The van der Waals surface area contributed by atoms with Gasteiger partial charge in [0.2, 0.25) is 0 Å². The Labute approximate surface area is 63.4 Å². The van der Waals surface area contributed by atoms with E-state index in [-0.39, 0.29) is 12.4 Å². The van der Waals surface area contributed by atoms with Gasteiger partial charge in [0, 0.05) is 0 Å². The molecule has 56 valence electrons. The van der Waals surface area contributed by atoms with Crippen LogP contribution in [0.5, 0.6) is 0 Å². The van der Waals surface area contributed by atoms with Gasteiger partial charge in [-0.2, -0.15) is 0 Å². The highest BCUT2D eigenvalue weighted by Crippen LogP contribution is 2.20. The first kappa shape index (κ1) is 9.25. The van der Waals surface area contributed by atoms with Crippen molar-refractivity contribution in [3.8, 4) is 0 Å². The summed E-state index contributed by atoms with van der Waals surface area (Å²) in [5, 5.41) is 0. The van der Waals surface area contributed by atoms with Crippen LogP contribution in [0.4, 0.5) is 0 Å². The van der Waals surface area contributed by atoms with E-state index < -0.39 is 0 Å². The lowest BCUT2D eigenvalue weighted by molar-refractivity contribution is -0.426. The van der Waals surface area contributed by atoms with Crippen molar-refractivity contribution in [3.63, 3.8) is 0 Å². The third-order valence-electron chi connectivity index (χ3n) is 2.14. The van der Waals surface area contributed by atoms with Crippen LogP contribution < -0.4 is 18.1 Å². The summed E-state index contributed by atoms with van der Waals surface area (Å²) in [6, 6.07) is 0.770. The topological polar surface area (TPSA) is 27.6 Å². The van der Waals surface area contributed by atoms with E-state index in [1.807, 2.05) is 0 Å². The molecule has 0 radical (unpaired) electrons. The molecule has 0 saturated heterocycles. The number of hydrogen-bond acceptors (Lipinski definition) is 0. The molecule has 0 spiro atoms. The highest BCUT2D eigenvalue weighted by molar-refractivity contribution is 4.66. The molecule has 1 nitrogen and oxygen atoms in total. The average Bonchev–Trinajstić information content (AvgIpc) is 1.77. The second kappa shape index (κ2) is 4.13. The van der Waals surface area contributed by atoms with E-state index in [9.17, 15) is 0 Å². The molecule has 0 heterocycles. The molecule has 2 heteroatoms. The maximum Gasteiger partial charge on any atom is 0.0843 e. The Morgan fingerprint density at radius 1 is 1.11 bits per heavy atom. The molecule has 0 bridgehead atoms. The van der Waals surface area contributed by atoms with Crippen LogP contribution in [0.1, 0.15) is 32.6 Å². The lowest BCUT2D eigenvalue weighted by atomic mass is 9.88. The van der Waals surface area contributed by atoms with E-state index in [4.69, 9.17) is 0 Å². The van der Waals surface area contributed by atoms with Crippen molar-refractivity contribution in [2.24, 2.45) is 5.92 Å². The predicted molar refractivity (Wildman–Crippen MR) is 34.3 cm³/mol. The molecule has 0 atom stereocenters. The second-order valence-corrected chi connectivity index (χ2v) is 3.13. The quantitative estimate of drug-likeness (QED) is 0.406. The third-order valence-corrected chi connectivity index (χ3v) is 2.14. The summed E-state index contributed by atoms with van der Waals surface area (Å²) in [6.07, 6.45) is 5.55. The van der Waals surface area contributed by atoms with Gasteiger partial charge in [-0.05, 0) is 31.6 Å². The summed E-state index contributed by atoms with van der Waals surface area (Å²) in [4.78, 5) is 0. The summed E-state index contributed by atoms with van der Waals surface area (Å²) >= 11 is 0. The van der Waals surface area contributed by atoms with E-state index >= 15 is 0 Å². The van der Waals surface area contributed by atoms with Crippen LogP contribution in [-0.4, -0.2) is 6.04 Å². The van der Waals surface area contributed by atoms with Gasteiger partial charge in [0.05, 0.1) is 6.04 Å². The van der Waals surface area contributed by atoms with Crippen molar-refractivity contribution in [2.75, 3.05) is 0 Å². The molecule has 0 amide bonds. The summed E-state index contributed by atoms with van der Waals surface area (Å²) in [5.74, 6) is 0.980. The first-order chi connectivity index (χ1) is 3.79. The fourth-order valence-electron chi connectivity index (χ4n) is 1.33. The number of halogens is 1. The molecule has 0 aromatic rings. The summed E-state index contributed by atoms with van der Waals surface area (Å²) in [5.41, 5.74) is 4.03. The molecule has 3 N–H and O–H groups in total.